The van der Waals surface area contributed by atoms with Crippen LogP contribution in [-0.2, 0) is 16.1 Å². The average Bonchev–Trinajstić information content (AvgIpc) is 3.04. The number of amides is 1. The summed E-state index contributed by atoms with van der Waals surface area (Å²) in [7, 11) is 0. The largest absolute Gasteiger partial charge is 0.374 e. The summed E-state index contributed by atoms with van der Waals surface area (Å²) in [6.07, 6.45) is 9.81. The quantitative estimate of drug-likeness (QED) is 0.792. The van der Waals surface area contributed by atoms with Gasteiger partial charge in [-0.2, -0.15) is 0 Å². The van der Waals surface area contributed by atoms with E-state index in [0.717, 1.165) is 37.2 Å². The van der Waals surface area contributed by atoms with Gasteiger partial charge in [-0.1, -0.05) is 44.2 Å². The molecule has 1 N–H and O–H groups in total. The highest BCUT2D eigenvalue weighted by molar-refractivity contribution is 5.77. The topological polar surface area (TPSA) is 38.3 Å². The van der Waals surface area contributed by atoms with Gasteiger partial charge in [0.25, 0.3) is 0 Å². The van der Waals surface area contributed by atoms with Gasteiger partial charge in [-0.25, -0.2) is 0 Å². The molecule has 3 nitrogen and oxygen atoms in total. The van der Waals surface area contributed by atoms with E-state index in [2.05, 4.69) is 49.5 Å². The predicted octanol–water partition coefficient (Wildman–Crippen LogP) is 5.09. The molecular formula is C25H35NO2. The summed E-state index contributed by atoms with van der Waals surface area (Å²) < 4.78 is 6.41. The molecule has 152 valence electrons. The fourth-order valence-corrected chi connectivity index (χ4v) is 7.61. The molecule has 28 heavy (non-hydrogen) atoms. The summed E-state index contributed by atoms with van der Waals surface area (Å²) in [6.45, 7) is 5.76. The average molecular weight is 382 g/mol. The van der Waals surface area contributed by atoms with Crippen molar-refractivity contribution in [1.29, 1.82) is 0 Å². The molecule has 1 aromatic carbocycles. The van der Waals surface area contributed by atoms with Crippen LogP contribution in [0.4, 0.5) is 0 Å². The summed E-state index contributed by atoms with van der Waals surface area (Å²) in [5, 5.41) is 3.34. The van der Waals surface area contributed by atoms with E-state index in [-0.39, 0.29) is 5.91 Å². The number of carbonyl (C=O) groups is 1. The third-order valence-corrected chi connectivity index (χ3v) is 9.15. The lowest BCUT2D eigenvalue weighted by Crippen LogP contribution is -2.60. The van der Waals surface area contributed by atoms with Crippen LogP contribution in [0.25, 0.3) is 0 Å². The van der Waals surface area contributed by atoms with Crippen LogP contribution in [0.3, 0.4) is 0 Å². The molecule has 1 saturated heterocycles. The molecule has 3 heteroatoms. The van der Waals surface area contributed by atoms with Gasteiger partial charge in [0, 0.05) is 12.5 Å². The zero-order valence-corrected chi connectivity index (χ0v) is 17.5. The zero-order valence-electron chi connectivity index (χ0n) is 17.5. The maximum atomic E-state index is 12.0. The minimum atomic E-state index is 0.275. The van der Waals surface area contributed by atoms with Gasteiger partial charge in [-0.3, -0.25) is 4.79 Å². The smallest absolute Gasteiger partial charge is 0.220 e. The molecule has 5 rings (SSSR count). The van der Waals surface area contributed by atoms with Crippen molar-refractivity contribution >= 4 is 5.91 Å². The van der Waals surface area contributed by atoms with Crippen LogP contribution in [0, 0.1) is 28.6 Å². The first-order valence-electron chi connectivity index (χ1n) is 11.4. The minimum absolute atomic E-state index is 0.275. The van der Waals surface area contributed by atoms with Crippen molar-refractivity contribution < 1.29 is 9.53 Å². The second-order valence-electron chi connectivity index (χ2n) is 10.6. The van der Waals surface area contributed by atoms with Crippen LogP contribution in [0.2, 0.25) is 0 Å². The standard InChI is InChI=1S/C25H35NO2/c1-24-12-10-20-19(8-9-22-25(20,2)13-11-23(27)26-22)21(24)14-18(15-24)28-16-17-6-4-3-5-7-17/h3-7,18-22H,8-16H2,1-2H3,(H,26,27)/t18?,19-,20-,21+,22?,24-,25-/m1/s1. The highest BCUT2D eigenvalue weighted by Gasteiger charge is 2.59. The Morgan fingerprint density at radius 1 is 1.07 bits per heavy atom. The van der Waals surface area contributed by atoms with E-state index in [0.29, 0.717) is 23.0 Å². The molecule has 3 saturated carbocycles. The number of ether oxygens (including phenoxy) is 1. The Kier molecular flexibility index (Phi) is 4.58. The number of hydrogen-bond donors (Lipinski definition) is 1. The highest BCUT2D eigenvalue weighted by atomic mass is 16.5. The number of carbonyl (C=O) groups excluding carboxylic acids is 1. The molecule has 0 bridgehead atoms. The van der Waals surface area contributed by atoms with E-state index in [4.69, 9.17) is 4.74 Å². The molecule has 2 unspecified atom stereocenters. The third-order valence-electron chi connectivity index (χ3n) is 9.15. The Bertz CT molecular complexity index is 733. The van der Waals surface area contributed by atoms with Crippen LogP contribution < -0.4 is 5.32 Å². The lowest BCUT2D eigenvalue weighted by molar-refractivity contribution is -0.135. The lowest BCUT2D eigenvalue weighted by Gasteiger charge is -2.59. The molecule has 1 amide bonds. The first-order chi connectivity index (χ1) is 13.5. The number of hydrogen-bond acceptors (Lipinski definition) is 2. The van der Waals surface area contributed by atoms with Crippen LogP contribution in [0.1, 0.15) is 70.8 Å². The molecule has 0 spiro atoms. The van der Waals surface area contributed by atoms with Crippen molar-refractivity contribution in [1.82, 2.24) is 5.32 Å². The molecule has 3 aliphatic carbocycles. The maximum absolute atomic E-state index is 12.0. The number of nitrogens with one attached hydrogen (secondary N) is 1. The molecular weight excluding hydrogens is 346 g/mol. The third kappa shape index (κ3) is 3.01. The summed E-state index contributed by atoms with van der Waals surface area (Å²) in [5.41, 5.74) is 2.04. The van der Waals surface area contributed by atoms with E-state index in [1.54, 1.807) is 0 Å². The van der Waals surface area contributed by atoms with Gasteiger partial charge in [-0.15, -0.1) is 0 Å². The van der Waals surface area contributed by atoms with E-state index >= 15 is 0 Å². The fourth-order valence-electron chi connectivity index (χ4n) is 7.61. The molecule has 0 radical (unpaired) electrons. The minimum Gasteiger partial charge on any atom is -0.374 e. The molecule has 4 fully saturated rings. The highest BCUT2D eigenvalue weighted by Crippen LogP contribution is 2.64. The predicted molar refractivity (Wildman–Crippen MR) is 111 cm³/mol. The Morgan fingerprint density at radius 2 is 1.89 bits per heavy atom. The van der Waals surface area contributed by atoms with E-state index in [1.807, 2.05) is 0 Å². The van der Waals surface area contributed by atoms with E-state index < -0.39 is 0 Å². The van der Waals surface area contributed by atoms with Gasteiger partial charge in [0.05, 0.1) is 12.7 Å². The first-order valence-corrected chi connectivity index (χ1v) is 11.4. The first kappa shape index (κ1) is 18.7. The second kappa shape index (κ2) is 6.86. The van der Waals surface area contributed by atoms with Crippen molar-refractivity contribution in [2.24, 2.45) is 28.6 Å². The van der Waals surface area contributed by atoms with Crippen LogP contribution >= 0.6 is 0 Å². The Labute approximate surface area is 169 Å². The van der Waals surface area contributed by atoms with Gasteiger partial charge in [-0.05, 0) is 79.1 Å². The Morgan fingerprint density at radius 3 is 2.71 bits per heavy atom. The van der Waals surface area contributed by atoms with E-state index in [1.165, 1.54) is 44.1 Å². The van der Waals surface area contributed by atoms with Crippen molar-refractivity contribution in [3.05, 3.63) is 35.9 Å². The van der Waals surface area contributed by atoms with Crippen LogP contribution in [-0.4, -0.2) is 18.1 Å². The molecule has 1 aromatic rings. The van der Waals surface area contributed by atoms with Gasteiger partial charge < -0.3 is 10.1 Å². The van der Waals surface area contributed by atoms with Crippen LogP contribution in [0.15, 0.2) is 30.3 Å². The molecule has 1 aliphatic heterocycles. The number of piperidine rings is 1. The fraction of sp³-hybridized carbons (Fsp3) is 0.720. The van der Waals surface area contributed by atoms with Crippen LogP contribution in [0.5, 0.6) is 0 Å². The van der Waals surface area contributed by atoms with Gasteiger partial charge in [0.15, 0.2) is 0 Å². The number of benzene rings is 1. The summed E-state index contributed by atoms with van der Waals surface area (Å²) >= 11 is 0. The van der Waals surface area contributed by atoms with Crippen molar-refractivity contribution in [3.8, 4) is 0 Å². The van der Waals surface area contributed by atoms with Gasteiger partial charge >= 0.3 is 0 Å². The summed E-state index contributed by atoms with van der Waals surface area (Å²) in [6, 6.07) is 11.0. The van der Waals surface area contributed by atoms with Crippen molar-refractivity contribution in [3.63, 3.8) is 0 Å². The lowest BCUT2D eigenvalue weighted by atomic mass is 9.48. The molecule has 1 heterocycles. The Balaban J connectivity index is 1.30. The number of rotatable bonds is 3. The molecule has 0 aromatic heterocycles. The molecule has 7 atom stereocenters. The van der Waals surface area contributed by atoms with Gasteiger partial charge in [0.1, 0.15) is 0 Å². The van der Waals surface area contributed by atoms with Crippen molar-refractivity contribution in [2.75, 3.05) is 0 Å². The van der Waals surface area contributed by atoms with Crippen molar-refractivity contribution in [2.45, 2.75) is 84.0 Å². The van der Waals surface area contributed by atoms with Gasteiger partial charge in [0.2, 0.25) is 5.91 Å². The monoisotopic (exact) mass is 381 g/mol. The molecule has 4 aliphatic rings. The zero-order chi connectivity index (χ0) is 19.4. The Hall–Kier alpha value is -1.35. The SMILES string of the molecule is C[C@]12CC[C@@H]3[C@@H](CCC4NC(=O)CC[C@@]43C)[C@@H]1CC(OCc1ccccc1)C2. The normalized spacial score (nSPS) is 44.9. The maximum Gasteiger partial charge on any atom is 0.220 e. The second-order valence-corrected chi connectivity index (χ2v) is 10.6. The number of fused-ring (bicyclic) bond motifs is 5. The summed E-state index contributed by atoms with van der Waals surface area (Å²) in [4.78, 5) is 12.0. The van der Waals surface area contributed by atoms with E-state index in [9.17, 15) is 4.79 Å². The summed E-state index contributed by atoms with van der Waals surface area (Å²) in [5.74, 6) is 2.66.